The molecule has 7 heteroatoms. The van der Waals surface area contributed by atoms with E-state index in [1.165, 1.54) is 16.0 Å². The van der Waals surface area contributed by atoms with Crippen LogP contribution in [0.4, 0.5) is 11.4 Å². The van der Waals surface area contributed by atoms with Gasteiger partial charge in [0.25, 0.3) is 0 Å². The second kappa shape index (κ2) is 8.37. The summed E-state index contributed by atoms with van der Waals surface area (Å²) in [6.07, 6.45) is 1.00. The van der Waals surface area contributed by atoms with E-state index >= 15 is 0 Å². The summed E-state index contributed by atoms with van der Waals surface area (Å²) in [5, 5.41) is 7.63. The van der Waals surface area contributed by atoms with E-state index in [0.717, 1.165) is 52.3 Å². The molecule has 0 saturated heterocycles. The minimum absolute atomic E-state index is 0.823. The quantitative estimate of drug-likeness (QED) is 0.519. The Bertz CT molecular complexity index is 1010. The number of thiophene rings is 2. The zero-order valence-corrected chi connectivity index (χ0v) is 18.7. The van der Waals surface area contributed by atoms with Gasteiger partial charge in [-0.2, -0.15) is 0 Å². The van der Waals surface area contributed by atoms with Crippen molar-refractivity contribution >= 4 is 44.8 Å². The van der Waals surface area contributed by atoms with E-state index in [0.29, 0.717) is 0 Å². The highest BCUT2D eigenvalue weighted by atomic mass is 32.2. The number of nitrogens with zero attached hydrogens (tertiary/aromatic N) is 1. The van der Waals surface area contributed by atoms with Crippen LogP contribution in [0.1, 0.15) is 22.4 Å². The lowest BCUT2D eigenvalue weighted by molar-refractivity contribution is 0.410. The first-order valence-corrected chi connectivity index (χ1v) is 12.2. The molecule has 0 saturated carbocycles. The predicted octanol–water partition coefficient (Wildman–Crippen LogP) is 5.23. The number of ether oxygens (including phenoxy) is 1. The molecule has 4 nitrogen and oxygen atoms in total. The Morgan fingerprint density at radius 2 is 1.96 bits per heavy atom. The van der Waals surface area contributed by atoms with Crippen LogP contribution in [0.2, 0.25) is 0 Å². The van der Waals surface area contributed by atoms with Crippen molar-refractivity contribution in [3.8, 4) is 5.75 Å². The molecule has 1 aliphatic rings. The molecule has 3 aromatic rings. The maximum Gasteiger partial charge on any atom is 0.134 e. The maximum atomic E-state index is 13.0. The Kier molecular flexibility index (Phi) is 5.87. The lowest BCUT2D eigenvalue weighted by atomic mass is 10.1. The van der Waals surface area contributed by atoms with Gasteiger partial charge >= 0.3 is 0 Å². The van der Waals surface area contributed by atoms with Gasteiger partial charge in [-0.3, -0.25) is 0 Å². The Labute approximate surface area is 176 Å². The number of hydrogen-bond donors (Lipinski definition) is 1. The largest absolute Gasteiger partial charge is 0.496 e. The first kappa shape index (κ1) is 19.6. The first-order valence-electron chi connectivity index (χ1n) is 9.30. The molecule has 28 heavy (non-hydrogen) atoms. The van der Waals surface area contributed by atoms with E-state index in [4.69, 9.17) is 4.74 Å². The Hall–Kier alpha value is -1.67. The second-order valence-electron chi connectivity index (χ2n) is 6.81. The van der Waals surface area contributed by atoms with Gasteiger partial charge in [0, 0.05) is 13.1 Å². The van der Waals surface area contributed by atoms with E-state index in [1.54, 1.807) is 29.8 Å². The summed E-state index contributed by atoms with van der Waals surface area (Å²) >= 11 is 3.30. The first-order chi connectivity index (χ1) is 13.6. The highest BCUT2D eigenvalue weighted by Gasteiger charge is 2.30. The highest BCUT2D eigenvalue weighted by molar-refractivity contribution is 7.87. The van der Waals surface area contributed by atoms with Crippen molar-refractivity contribution in [1.82, 2.24) is 5.32 Å². The smallest absolute Gasteiger partial charge is 0.134 e. The summed E-state index contributed by atoms with van der Waals surface area (Å²) in [4.78, 5) is 4.53. The van der Waals surface area contributed by atoms with Crippen LogP contribution in [0.5, 0.6) is 5.75 Å². The van der Waals surface area contributed by atoms with E-state index in [9.17, 15) is 4.21 Å². The molecule has 148 valence electrons. The van der Waals surface area contributed by atoms with Crippen molar-refractivity contribution in [1.29, 1.82) is 0 Å². The van der Waals surface area contributed by atoms with Crippen molar-refractivity contribution in [2.75, 3.05) is 25.1 Å². The SMILES string of the molecule is COc1ccsc1CNCCCN1c2ccsc2S(=O)c2ccc(C)c(C)c21. The molecule has 4 rings (SSSR count). The van der Waals surface area contributed by atoms with E-state index in [2.05, 4.69) is 41.6 Å². The molecule has 1 N–H and O–H groups in total. The van der Waals surface area contributed by atoms with Crippen LogP contribution in [-0.4, -0.2) is 24.4 Å². The standard InChI is InChI=1S/C21H24N2O2S3/c1-14-5-6-19-20(15(14)2)23(16-7-11-27-21(16)28(19)24)10-4-9-22-13-18-17(25-3)8-12-26-18/h5-8,11-12,22H,4,9-10,13H2,1-3H3. The van der Waals surface area contributed by atoms with Crippen molar-refractivity contribution in [3.05, 3.63) is 51.0 Å². The van der Waals surface area contributed by atoms with Crippen molar-refractivity contribution < 1.29 is 8.95 Å². The monoisotopic (exact) mass is 432 g/mol. The molecule has 2 aromatic heterocycles. The van der Waals surface area contributed by atoms with Crippen LogP contribution in [0.15, 0.2) is 44.1 Å². The molecule has 1 aromatic carbocycles. The average molecular weight is 433 g/mol. The normalized spacial score (nSPS) is 15.4. The number of methoxy groups -OCH3 is 1. The van der Waals surface area contributed by atoms with Crippen molar-refractivity contribution in [2.24, 2.45) is 0 Å². The number of rotatable bonds is 7. The fourth-order valence-electron chi connectivity index (χ4n) is 3.55. The maximum absolute atomic E-state index is 13.0. The number of hydrogen-bond acceptors (Lipinski definition) is 6. The molecule has 0 amide bonds. The molecule has 0 radical (unpaired) electrons. The van der Waals surface area contributed by atoms with Crippen LogP contribution in [0.25, 0.3) is 0 Å². The fraction of sp³-hybridized carbons (Fsp3) is 0.333. The second-order valence-corrected chi connectivity index (χ2v) is 10.4. The molecule has 0 spiro atoms. The molecule has 1 aliphatic heterocycles. The van der Waals surface area contributed by atoms with Gasteiger partial charge in [-0.05, 0) is 66.9 Å². The summed E-state index contributed by atoms with van der Waals surface area (Å²) in [5.74, 6) is 0.957. The minimum atomic E-state index is -1.08. The Morgan fingerprint density at radius 3 is 2.79 bits per heavy atom. The number of anilines is 2. The van der Waals surface area contributed by atoms with Crippen molar-refractivity contribution in [2.45, 2.75) is 35.9 Å². The molecule has 0 bridgehead atoms. The number of nitrogens with one attached hydrogen (secondary N) is 1. The topological polar surface area (TPSA) is 41.6 Å². The molecule has 1 atom stereocenters. The zero-order chi connectivity index (χ0) is 19.7. The van der Waals surface area contributed by atoms with Gasteiger partial charge < -0.3 is 15.0 Å². The highest BCUT2D eigenvalue weighted by Crippen LogP contribution is 2.46. The van der Waals surface area contributed by atoms with E-state index < -0.39 is 10.8 Å². The lowest BCUT2D eigenvalue weighted by Gasteiger charge is -2.33. The predicted molar refractivity (Wildman–Crippen MR) is 119 cm³/mol. The molecule has 0 aliphatic carbocycles. The number of fused-ring (bicyclic) bond motifs is 2. The van der Waals surface area contributed by atoms with Gasteiger partial charge in [-0.15, -0.1) is 22.7 Å². The third kappa shape index (κ3) is 3.52. The van der Waals surface area contributed by atoms with E-state index in [-0.39, 0.29) is 0 Å². The van der Waals surface area contributed by atoms with Crippen LogP contribution < -0.4 is 15.0 Å². The third-order valence-electron chi connectivity index (χ3n) is 5.15. The van der Waals surface area contributed by atoms with Crippen LogP contribution in [0.3, 0.4) is 0 Å². The van der Waals surface area contributed by atoms with Crippen molar-refractivity contribution in [3.63, 3.8) is 0 Å². The van der Waals surface area contributed by atoms with Gasteiger partial charge in [0.15, 0.2) is 0 Å². The molecule has 3 heterocycles. The average Bonchev–Trinajstić information content (AvgIpc) is 3.35. The summed E-state index contributed by atoms with van der Waals surface area (Å²) < 4.78 is 19.4. The van der Waals surface area contributed by atoms with E-state index in [1.807, 2.05) is 17.5 Å². The molecular formula is C21H24N2O2S3. The number of aryl methyl sites for hydroxylation is 1. The molecule has 0 fully saturated rings. The van der Waals surface area contributed by atoms with Gasteiger partial charge in [-0.1, -0.05) is 6.07 Å². The zero-order valence-electron chi connectivity index (χ0n) is 16.3. The number of benzene rings is 1. The summed E-state index contributed by atoms with van der Waals surface area (Å²) in [6, 6.07) is 8.23. The summed E-state index contributed by atoms with van der Waals surface area (Å²) in [7, 11) is 0.632. The van der Waals surface area contributed by atoms with Gasteiger partial charge in [0.2, 0.25) is 0 Å². The van der Waals surface area contributed by atoms with Gasteiger partial charge in [0.05, 0.1) is 39.1 Å². The lowest BCUT2D eigenvalue weighted by Crippen LogP contribution is -2.27. The third-order valence-corrected chi connectivity index (χ3v) is 8.76. The molecule has 1 unspecified atom stereocenters. The van der Waals surface area contributed by atoms with Gasteiger partial charge in [0.1, 0.15) is 9.96 Å². The van der Waals surface area contributed by atoms with Gasteiger partial charge in [-0.25, -0.2) is 4.21 Å². The minimum Gasteiger partial charge on any atom is -0.496 e. The molecular weight excluding hydrogens is 408 g/mol. The Morgan fingerprint density at radius 1 is 1.14 bits per heavy atom. The Balaban J connectivity index is 1.47. The summed E-state index contributed by atoms with van der Waals surface area (Å²) in [6.45, 7) is 6.89. The van der Waals surface area contributed by atoms with Crippen LogP contribution in [0, 0.1) is 13.8 Å². The van der Waals surface area contributed by atoms with Crippen LogP contribution in [-0.2, 0) is 17.3 Å². The van der Waals surface area contributed by atoms with Crippen LogP contribution >= 0.6 is 22.7 Å². The fourth-order valence-corrected chi connectivity index (χ4v) is 6.96. The summed E-state index contributed by atoms with van der Waals surface area (Å²) in [5.41, 5.74) is 4.69.